The summed E-state index contributed by atoms with van der Waals surface area (Å²) < 4.78 is 60.5. The van der Waals surface area contributed by atoms with E-state index in [9.17, 15) is 22.0 Å². The van der Waals surface area contributed by atoms with Crippen molar-refractivity contribution in [2.24, 2.45) is 0 Å². The van der Waals surface area contributed by atoms with Gasteiger partial charge in [0.2, 0.25) is 0 Å². The molecule has 2 nitrogen and oxygen atoms in total. The lowest BCUT2D eigenvalue weighted by Gasteiger charge is -2.12. The van der Waals surface area contributed by atoms with Crippen molar-refractivity contribution in [3.05, 3.63) is 21.9 Å². The third-order valence-corrected chi connectivity index (χ3v) is 2.07. The first-order chi connectivity index (χ1) is 6.73. The van der Waals surface area contributed by atoms with Crippen molar-refractivity contribution in [3.8, 4) is 5.75 Å². The highest BCUT2D eigenvalue weighted by molar-refractivity contribution is 9.10. The molecular formula is C7H3BrF5NO. The van der Waals surface area contributed by atoms with Crippen molar-refractivity contribution in [1.82, 2.24) is 4.98 Å². The van der Waals surface area contributed by atoms with Gasteiger partial charge in [0.1, 0.15) is 10.4 Å². The van der Waals surface area contributed by atoms with E-state index in [4.69, 9.17) is 5.11 Å². The van der Waals surface area contributed by atoms with Crippen molar-refractivity contribution in [2.75, 3.05) is 0 Å². The average molecular weight is 292 g/mol. The number of pyridine rings is 1. The van der Waals surface area contributed by atoms with Gasteiger partial charge in [0.25, 0.3) is 6.43 Å². The first-order valence-corrected chi connectivity index (χ1v) is 4.27. The van der Waals surface area contributed by atoms with Gasteiger partial charge in [0.05, 0.1) is 5.56 Å². The number of aromatic hydroxyl groups is 1. The molecule has 0 radical (unpaired) electrons. The van der Waals surface area contributed by atoms with Crippen LogP contribution >= 0.6 is 15.9 Å². The third-order valence-electron chi connectivity index (χ3n) is 1.49. The number of halogens is 6. The molecule has 0 aliphatic rings. The summed E-state index contributed by atoms with van der Waals surface area (Å²) in [5, 5.41) is 8.93. The van der Waals surface area contributed by atoms with Crippen LogP contribution in [0, 0.1) is 0 Å². The van der Waals surface area contributed by atoms with Crippen molar-refractivity contribution in [3.63, 3.8) is 0 Å². The van der Waals surface area contributed by atoms with Crippen molar-refractivity contribution < 1.29 is 27.1 Å². The topological polar surface area (TPSA) is 33.1 Å². The van der Waals surface area contributed by atoms with Gasteiger partial charge in [-0.25, -0.2) is 13.8 Å². The van der Waals surface area contributed by atoms with E-state index in [1.807, 2.05) is 0 Å². The van der Waals surface area contributed by atoms with Gasteiger partial charge in [-0.1, -0.05) is 0 Å². The fraction of sp³-hybridized carbons (Fsp3) is 0.286. The molecule has 15 heavy (non-hydrogen) atoms. The molecule has 0 saturated carbocycles. The van der Waals surface area contributed by atoms with E-state index in [1.165, 1.54) is 0 Å². The molecule has 0 atom stereocenters. The van der Waals surface area contributed by atoms with Crippen LogP contribution in [0.5, 0.6) is 5.75 Å². The molecule has 0 bridgehead atoms. The van der Waals surface area contributed by atoms with Crippen LogP contribution in [-0.2, 0) is 6.18 Å². The molecule has 0 amide bonds. The molecule has 0 spiro atoms. The van der Waals surface area contributed by atoms with E-state index in [-0.39, 0.29) is 0 Å². The molecule has 0 aliphatic heterocycles. The van der Waals surface area contributed by atoms with Crippen molar-refractivity contribution >= 4 is 15.9 Å². The van der Waals surface area contributed by atoms with E-state index >= 15 is 0 Å². The number of hydrogen-bond donors (Lipinski definition) is 1. The Balaban J connectivity index is 3.42. The van der Waals surface area contributed by atoms with Gasteiger partial charge in [-0.15, -0.1) is 0 Å². The van der Waals surface area contributed by atoms with Crippen molar-refractivity contribution in [1.29, 1.82) is 0 Å². The second-order valence-electron chi connectivity index (χ2n) is 2.53. The number of alkyl halides is 5. The van der Waals surface area contributed by atoms with Gasteiger partial charge in [-0.3, -0.25) is 0 Å². The minimum Gasteiger partial charge on any atom is -0.505 e. The zero-order chi connectivity index (χ0) is 11.8. The summed E-state index contributed by atoms with van der Waals surface area (Å²) in [6, 6.07) is 0.338. The number of hydrogen-bond acceptors (Lipinski definition) is 2. The maximum absolute atomic E-state index is 12.2. The van der Waals surface area contributed by atoms with E-state index in [0.717, 1.165) is 0 Å². The Morgan fingerprint density at radius 1 is 1.33 bits per heavy atom. The highest BCUT2D eigenvalue weighted by Gasteiger charge is 2.38. The summed E-state index contributed by atoms with van der Waals surface area (Å²) in [4.78, 5) is 2.83. The van der Waals surface area contributed by atoms with Crippen LogP contribution in [0.2, 0.25) is 0 Å². The van der Waals surface area contributed by atoms with Crippen LogP contribution in [-0.4, -0.2) is 10.1 Å². The van der Waals surface area contributed by atoms with Crippen LogP contribution in [0.1, 0.15) is 17.7 Å². The lowest BCUT2D eigenvalue weighted by Crippen LogP contribution is -2.12. The molecule has 1 N–H and O–H groups in total. The van der Waals surface area contributed by atoms with Gasteiger partial charge in [-0.05, 0) is 22.0 Å². The maximum atomic E-state index is 12.2. The fourth-order valence-corrected chi connectivity index (χ4v) is 1.18. The Kier molecular flexibility index (Phi) is 3.17. The summed E-state index contributed by atoms with van der Waals surface area (Å²) in [5.74, 6) is -0.765. The van der Waals surface area contributed by atoms with Gasteiger partial charge >= 0.3 is 6.18 Å². The monoisotopic (exact) mass is 291 g/mol. The summed E-state index contributed by atoms with van der Waals surface area (Å²) in [6.45, 7) is 0. The lowest BCUT2D eigenvalue weighted by molar-refractivity contribution is -0.143. The van der Waals surface area contributed by atoms with Gasteiger partial charge in [-0.2, -0.15) is 13.2 Å². The standard InChI is InChI=1S/C7H3BrF5NO/c8-5-3(15)1-2(6(9)10)4(14-5)7(11,12)13/h1,6,15H. The first-order valence-electron chi connectivity index (χ1n) is 3.48. The molecule has 8 heteroatoms. The molecule has 0 saturated heterocycles. The zero-order valence-corrected chi connectivity index (χ0v) is 8.40. The largest absolute Gasteiger partial charge is 0.505 e. The molecule has 0 fully saturated rings. The Morgan fingerprint density at radius 3 is 2.27 bits per heavy atom. The fourth-order valence-electron chi connectivity index (χ4n) is 0.889. The number of aromatic nitrogens is 1. The summed E-state index contributed by atoms with van der Waals surface area (Å²) >= 11 is 2.52. The summed E-state index contributed by atoms with van der Waals surface area (Å²) in [6.07, 6.45) is -8.34. The van der Waals surface area contributed by atoms with Gasteiger partial charge in [0.15, 0.2) is 5.69 Å². The molecule has 1 aromatic heterocycles. The van der Waals surface area contributed by atoms with Crippen molar-refractivity contribution in [2.45, 2.75) is 12.6 Å². The summed E-state index contributed by atoms with van der Waals surface area (Å²) in [5.41, 5.74) is -3.05. The van der Waals surface area contributed by atoms with Gasteiger partial charge < -0.3 is 5.11 Å². The molecular weight excluding hydrogens is 289 g/mol. The van der Waals surface area contributed by atoms with Gasteiger partial charge in [0, 0.05) is 0 Å². The molecule has 1 heterocycles. The van der Waals surface area contributed by atoms with Crippen LogP contribution in [0.25, 0.3) is 0 Å². The predicted octanol–water partition coefficient (Wildman–Crippen LogP) is 3.51. The Bertz CT molecular complexity index is 378. The smallest absolute Gasteiger partial charge is 0.433 e. The Hall–Kier alpha value is -0.920. The Labute approximate surface area is 88.9 Å². The van der Waals surface area contributed by atoms with E-state index in [2.05, 4.69) is 20.9 Å². The molecule has 1 aromatic rings. The molecule has 84 valence electrons. The first kappa shape index (κ1) is 12.2. The zero-order valence-electron chi connectivity index (χ0n) is 6.82. The molecule has 0 unspecified atom stereocenters. The molecule has 1 rings (SSSR count). The summed E-state index contributed by atoms with van der Waals surface area (Å²) in [7, 11) is 0. The SMILES string of the molecule is Oc1cc(C(F)F)c(C(F)(F)F)nc1Br. The second-order valence-corrected chi connectivity index (χ2v) is 3.29. The van der Waals surface area contributed by atoms with E-state index < -0.39 is 34.2 Å². The lowest BCUT2D eigenvalue weighted by atomic mass is 10.2. The number of nitrogens with zero attached hydrogens (tertiary/aromatic N) is 1. The highest BCUT2D eigenvalue weighted by atomic mass is 79.9. The van der Waals surface area contributed by atoms with E-state index in [1.54, 1.807) is 0 Å². The minimum absolute atomic E-state index is 0.338. The van der Waals surface area contributed by atoms with Crippen LogP contribution in [0.4, 0.5) is 22.0 Å². The molecule has 0 aromatic carbocycles. The highest BCUT2D eigenvalue weighted by Crippen LogP contribution is 2.38. The number of rotatable bonds is 1. The van der Waals surface area contributed by atoms with Crippen LogP contribution in [0.3, 0.4) is 0 Å². The average Bonchev–Trinajstić information content (AvgIpc) is 2.06. The van der Waals surface area contributed by atoms with Crippen LogP contribution < -0.4 is 0 Å². The Morgan fingerprint density at radius 2 is 1.87 bits per heavy atom. The second kappa shape index (κ2) is 3.92. The quantitative estimate of drug-likeness (QED) is 0.634. The maximum Gasteiger partial charge on any atom is 0.433 e. The molecule has 0 aliphatic carbocycles. The van der Waals surface area contributed by atoms with E-state index in [0.29, 0.717) is 6.07 Å². The third kappa shape index (κ3) is 2.55. The van der Waals surface area contributed by atoms with Crippen LogP contribution in [0.15, 0.2) is 10.7 Å². The predicted molar refractivity (Wildman–Crippen MR) is 43.6 cm³/mol. The minimum atomic E-state index is -4.98. The normalized spacial score (nSPS) is 12.2.